The van der Waals surface area contributed by atoms with Crippen molar-refractivity contribution in [3.8, 4) is 11.5 Å². The van der Waals surface area contributed by atoms with E-state index in [4.69, 9.17) is 13.9 Å². The van der Waals surface area contributed by atoms with Gasteiger partial charge in [0, 0.05) is 11.6 Å². The molecule has 0 unspecified atom stereocenters. The number of methoxy groups -OCH3 is 2. The van der Waals surface area contributed by atoms with Crippen molar-refractivity contribution >= 4 is 17.5 Å². The molecule has 4 saturated carbocycles. The average molecular weight is 453 g/mol. The quantitative estimate of drug-likeness (QED) is 0.625. The molecule has 4 bridgehead atoms. The fourth-order valence-electron chi connectivity index (χ4n) is 6.92. The minimum Gasteiger partial charge on any atom is -0.493 e. The van der Waals surface area contributed by atoms with Crippen molar-refractivity contribution < 1.29 is 23.5 Å². The fourth-order valence-corrected chi connectivity index (χ4v) is 6.92. The summed E-state index contributed by atoms with van der Waals surface area (Å²) in [6.07, 6.45) is 9.20. The van der Waals surface area contributed by atoms with Crippen molar-refractivity contribution in [2.75, 3.05) is 19.5 Å². The second kappa shape index (κ2) is 8.43. The molecule has 1 heterocycles. The van der Waals surface area contributed by atoms with Crippen LogP contribution in [0, 0.1) is 23.2 Å². The van der Waals surface area contributed by atoms with Crippen LogP contribution in [0.4, 0.5) is 5.69 Å². The van der Waals surface area contributed by atoms with Crippen molar-refractivity contribution in [2.24, 2.45) is 23.2 Å². The van der Waals surface area contributed by atoms with Gasteiger partial charge in [-0.2, -0.15) is 0 Å². The largest absolute Gasteiger partial charge is 0.493 e. The molecule has 33 heavy (non-hydrogen) atoms. The van der Waals surface area contributed by atoms with E-state index in [0.717, 1.165) is 17.8 Å². The van der Waals surface area contributed by atoms with Gasteiger partial charge in [0.05, 0.1) is 26.2 Å². The number of hydrogen-bond donors (Lipinski definition) is 2. The molecule has 4 aliphatic carbocycles. The maximum Gasteiger partial charge on any atom is 0.291 e. The van der Waals surface area contributed by atoms with Crippen molar-refractivity contribution in [1.29, 1.82) is 0 Å². The second-order valence-corrected chi connectivity index (χ2v) is 10.2. The lowest BCUT2D eigenvalue weighted by Gasteiger charge is -2.59. The van der Waals surface area contributed by atoms with E-state index in [0.29, 0.717) is 22.7 Å². The molecule has 0 spiro atoms. The third-order valence-corrected chi connectivity index (χ3v) is 8.09. The average Bonchev–Trinajstić information content (AvgIpc) is 3.32. The summed E-state index contributed by atoms with van der Waals surface area (Å²) in [5, 5.41) is 6.06. The highest BCUT2D eigenvalue weighted by Gasteiger charge is 2.53. The van der Waals surface area contributed by atoms with Crippen molar-refractivity contribution in [2.45, 2.75) is 51.5 Å². The van der Waals surface area contributed by atoms with E-state index in [2.05, 4.69) is 17.6 Å². The molecule has 4 fully saturated rings. The molecular weight excluding hydrogens is 420 g/mol. The Kier molecular flexibility index (Phi) is 5.59. The van der Waals surface area contributed by atoms with E-state index >= 15 is 0 Å². The molecule has 0 radical (unpaired) electrons. The van der Waals surface area contributed by atoms with Crippen LogP contribution in [-0.2, 0) is 0 Å². The lowest BCUT2D eigenvalue weighted by molar-refractivity contribution is -0.0688. The van der Waals surface area contributed by atoms with Gasteiger partial charge in [-0.25, -0.2) is 0 Å². The van der Waals surface area contributed by atoms with E-state index in [-0.39, 0.29) is 23.1 Å². The number of amides is 2. The van der Waals surface area contributed by atoms with Gasteiger partial charge < -0.3 is 24.5 Å². The molecule has 7 heteroatoms. The van der Waals surface area contributed by atoms with Gasteiger partial charge in [0.2, 0.25) is 0 Å². The minimum absolute atomic E-state index is 0.0904. The number of carbonyl (C=O) groups is 2. The van der Waals surface area contributed by atoms with Gasteiger partial charge in [0.25, 0.3) is 11.8 Å². The number of carbonyl (C=O) groups excluding carboxylic acids is 2. The molecule has 7 nitrogen and oxygen atoms in total. The summed E-state index contributed by atoms with van der Waals surface area (Å²) >= 11 is 0. The molecule has 176 valence electrons. The lowest BCUT2D eigenvalue weighted by Crippen LogP contribution is -2.55. The molecule has 0 aliphatic heterocycles. The first kappa shape index (κ1) is 21.9. The Labute approximate surface area is 194 Å². The number of ether oxygens (including phenoxy) is 2. The Morgan fingerprint density at radius 1 is 1.03 bits per heavy atom. The Morgan fingerprint density at radius 3 is 2.24 bits per heavy atom. The molecule has 2 amide bonds. The van der Waals surface area contributed by atoms with E-state index in [9.17, 15) is 9.59 Å². The Balaban J connectivity index is 1.38. The topological polar surface area (TPSA) is 89.8 Å². The van der Waals surface area contributed by atoms with Crippen LogP contribution in [0.25, 0.3) is 0 Å². The third-order valence-electron chi connectivity index (χ3n) is 8.09. The summed E-state index contributed by atoms with van der Waals surface area (Å²) < 4.78 is 16.1. The smallest absolute Gasteiger partial charge is 0.291 e. The molecule has 0 saturated heterocycles. The van der Waals surface area contributed by atoms with Gasteiger partial charge in [-0.15, -0.1) is 0 Å². The number of nitrogens with one attached hydrogen (secondary N) is 2. The highest BCUT2D eigenvalue weighted by molar-refractivity contribution is 6.05. The van der Waals surface area contributed by atoms with E-state index < -0.39 is 5.91 Å². The maximum atomic E-state index is 13.3. The fraction of sp³-hybridized carbons (Fsp3) is 0.538. The van der Waals surface area contributed by atoms with Crippen LogP contribution in [0.15, 0.2) is 34.9 Å². The van der Waals surface area contributed by atoms with Crippen molar-refractivity contribution in [3.63, 3.8) is 0 Å². The highest BCUT2D eigenvalue weighted by Crippen LogP contribution is 2.61. The number of anilines is 1. The first-order valence-electron chi connectivity index (χ1n) is 11.8. The molecule has 1 atom stereocenters. The zero-order chi connectivity index (χ0) is 23.2. The van der Waals surface area contributed by atoms with Gasteiger partial charge in [0.1, 0.15) is 0 Å². The summed E-state index contributed by atoms with van der Waals surface area (Å²) in [4.78, 5) is 25.9. The predicted octanol–water partition coefficient (Wildman–Crippen LogP) is 4.88. The summed E-state index contributed by atoms with van der Waals surface area (Å²) in [6, 6.07) is 6.59. The van der Waals surface area contributed by atoms with Gasteiger partial charge in [-0.3, -0.25) is 9.59 Å². The summed E-state index contributed by atoms with van der Waals surface area (Å²) in [5.74, 6) is 2.75. The van der Waals surface area contributed by atoms with Crippen molar-refractivity contribution in [3.05, 3.63) is 41.9 Å². The minimum atomic E-state index is -0.431. The Hall–Kier alpha value is -2.96. The molecule has 6 rings (SSSR count). The normalized spacial score (nSPS) is 28.3. The van der Waals surface area contributed by atoms with Crippen LogP contribution in [0.2, 0.25) is 0 Å². The molecular formula is C26H32N2O5. The van der Waals surface area contributed by atoms with Crippen LogP contribution >= 0.6 is 0 Å². The molecule has 1 aromatic carbocycles. The number of hydrogen-bond acceptors (Lipinski definition) is 5. The molecule has 1 aromatic heterocycles. The first-order valence-corrected chi connectivity index (χ1v) is 11.8. The SMILES string of the molecule is COc1cc(C(=O)N[C@@H](C)C23CC4CC(CC(C4)C2)C3)cc(NC(=O)c2ccco2)c1OC. The Bertz CT molecular complexity index is 1010. The van der Waals surface area contributed by atoms with Gasteiger partial charge in [-0.05, 0) is 92.9 Å². The maximum absolute atomic E-state index is 13.3. The van der Waals surface area contributed by atoms with Crippen LogP contribution in [0.3, 0.4) is 0 Å². The van der Waals surface area contributed by atoms with Crippen LogP contribution in [0.1, 0.15) is 66.4 Å². The first-order chi connectivity index (χ1) is 15.9. The third kappa shape index (κ3) is 3.98. The molecule has 2 aromatic rings. The summed E-state index contributed by atoms with van der Waals surface area (Å²) in [6.45, 7) is 2.16. The van der Waals surface area contributed by atoms with Gasteiger partial charge in [-0.1, -0.05) is 0 Å². The summed E-state index contributed by atoms with van der Waals surface area (Å²) in [5.41, 5.74) is 0.974. The summed E-state index contributed by atoms with van der Waals surface area (Å²) in [7, 11) is 3.00. The standard InChI is InChI=1S/C26H32N2O5/c1-15(26-12-16-7-17(13-26)9-18(8-16)14-26)27-24(29)19-10-20(23(32-3)22(11-19)31-2)28-25(30)21-5-4-6-33-21/h4-6,10-11,15-18H,7-9,12-14H2,1-3H3,(H,27,29)(H,28,30)/t15-,16?,17?,18?,26?/m0/s1. The number of rotatable bonds is 7. The highest BCUT2D eigenvalue weighted by atomic mass is 16.5. The lowest BCUT2D eigenvalue weighted by atomic mass is 9.48. The molecule has 4 aliphatic rings. The number of furan rings is 1. The van der Waals surface area contributed by atoms with E-state index in [1.807, 2.05) is 0 Å². The van der Waals surface area contributed by atoms with Gasteiger partial charge >= 0.3 is 0 Å². The van der Waals surface area contributed by atoms with Gasteiger partial charge in [0.15, 0.2) is 17.3 Å². The monoisotopic (exact) mass is 452 g/mol. The number of benzene rings is 1. The predicted molar refractivity (Wildman–Crippen MR) is 124 cm³/mol. The van der Waals surface area contributed by atoms with E-state index in [1.165, 1.54) is 59.0 Å². The van der Waals surface area contributed by atoms with E-state index in [1.54, 1.807) is 24.3 Å². The van der Waals surface area contributed by atoms with Crippen molar-refractivity contribution in [1.82, 2.24) is 5.32 Å². The van der Waals surface area contributed by atoms with Crippen LogP contribution < -0.4 is 20.1 Å². The molecule has 2 N–H and O–H groups in total. The van der Waals surface area contributed by atoms with Crippen LogP contribution in [-0.4, -0.2) is 32.1 Å². The zero-order valence-electron chi connectivity index (χ0n) is 19.5. The zero-order valence-corrected chi connectivity index (χ0v) is 19.5. The second-order valence-electron chi connectivity index (χ2n) is 10.2. The van der Waals surface area contributed by atoms with Crippen LogP contribution in [0.5, 0.6) is 11.5 Å². The Morgan fingerprint density at radius 2 is 1.70 bits per heavy atom.